The highest BCUT2D eigenvalue weighted by Crippen LogP contribution is 2.36. The Morgan fingerprint density at radius 3 is 2.07 bits per heavy atom. The molecule has 0 spiro atoms. The van der Waals surface area contributed by atoms with Gasteiger partial charge in [0.1, 0.15) is 0 Å². The third kappa shape index (κ3) is 2.71. The zero-order valence-corrected chi connectivity index (χ0v) is 8.72. The number of esters is 1. The second kappa shape index (κ2) is 4.65. The summed E-state index contributed by atoms with van der Waals surface area (Å²) in [6, 6.07) is 0. The van der Waals surface area contributed by atoms with Crippen molar-refractivity contribution in [3.63, 3.8) is 0 Å². The molecule has 0 saturated carbocycles. The van der Waals surface area contributed by atoms with E-state index in [9.17, 15) is 18.0 Å². The second-order valence-electron chi connectivity index (χ2n) is 3.10. The molecular weight excluding hydrogens is 213 g/mol. The SMILES string of the molecule is C=CC(OC(C)C)(C(=O)OC)C(F)(F)F. The first kappa shape index (κ1) is 14.0. The molecule has 0 aliphatic carbocycles. The first-order chi connectivity index (χ1) is 6.71. The second-order valence-corrected chi connectivity index (χ2v) is 3.10. The number of hydrogen-bond donors (Lipinski definition) is 0. The van der Waals surface area contributed by atoms with Gasteiger partial charge in [0.05, 0.1) is 13.2 Å². The number of carbonyl (C=O) groups is 1. The minimum atomic E-state index is -4.90. The molecule has 0 N–H and O–H groups in total. The highest BCUT2D eigenvalue weighted by molar-refractivity contribution is 5.83. The zero-order valence-electron chi connectivity index (χ0n) is 8.72. The molecule has 0 aromatic carbocycles. The van der Waals surface area contributed by atoms with Crippen LogP contribution >= 0.6 is 0 Å². The van der Waals surface area contributed by atoms with Crippen molar-refractivity contribution >= 4 is 5.97 Å². The van der Waals surface area contributed by atoms with E-state index < -0.39 is 23.9 Å². The van der Waals surface area contributed by atoms with Crippen molar-refractivity contribution in [3.8, 4) is 0 Å². The first-order valence-electron chi connectivity index (χ1n) is 4.17. The molecule has 0 heterocycles. The van der Waals surface area contributed by atoms with Crippen LogP contribution in [0, 0.1) is 0 Å². The summed E-state index contributed by atoms with van der Waals surface area (Å²) in [5, 5.41) is 0. The highest BCUT2D eigenvalue weighted by atomic mass is 19.4. The summed E-state index contributed by atoms with van der Waals surface area (Å²) in [6.07, 6.45) is -5.28. The van der Waals surface area contributed by atoms with Crippen molar-refractivity contribution in [2.45, 2.75) is 31.7 Å². The van der Waals surface area contributed by atoms with E-state index in [0.29, 0.717) is 6.08 Å². The molecule has 15 heavy (non-hydrogen) atoms. The zero-order chi connectivity index (χ0) is 12.3. The van der Waals surface area contributed by atoms with Gasteiger partial charge in [0, 0.05) is 0 Å². The summed E-state index contributed by atoms with van der Waals surface area (Å²) < 4.78 is 46.7. The maximum atomic E-state index is 12.7. The molecule has 0 fully saturated rings. The minimum absolute atomic E-state index is 0.402. The molecule has 0 rings (SSSR count). The Morgan fingerprint density at radius 2 is 1.87 bits per heavy atom. The lowest BCUT2D eigenvalue weighted by Crippen LogP contribution is -2.54. The molecule has 0 aliphatic heterocycles. The predicted molar refractivity (Wildman–Crippen MR) is 47.2 cm³/mol. The van der Waals surface area contributed by atoms with Crippen molar-refractivity contribution < 1.29 is 27.4 Å². The lowest BCUT2D eigenvalue weighted by molar-refractivity contribution is -0.267. The van der Waals surface area contributed by atoms with Crippen molar-refractivity contribution in [1.82, 2.24) is 0 Å². The molecule has 0 aromatic heterocycles. The molecule has 0 saturated heterocycles. The van der Waals surface area contributed by atoms with Gasteiger partial charge in [0.15, 0.2) is 0 Å². The van der Waals surface area contributed by atoms with E-state index >= 15 is 0 Å². The molecule has 88 valence electrons. The summed E-state index contributed by atoms with van der Waals surface area (Å²) in [7, 11) is 0.857. The fraction of sp³-hybridized carbons (Fsp3) is 0.667. The molecule has 6 heteroatoms. The van der Waals surface area contributed by atoms with Crippen molar-refractivity contribution in [1.29, 1.82) is 0 Å². The highest BCUT2D eigenvalue weighted by Gasteiger charge is 2.61. The minimum Gasteiger partial charge on any atom is -0.466 e. The van der Waals surface area contributed by atoms with E-state index in [4.69, 9.17) is 0 Å². The van der Waals surface area contributed by atoms with Crippen LogP contribution in [0.15, 0.2) is 12.7 Å². The molecule has 0 amide bonds. The Kier molecular flexibility index (Phi) is 4.33. The summed E-state index contributed by atoms with van der Waals surface area (Å²) in [6.45, 7) is 5.74. The Balaban J connectivity index is 5.31. The van der Waals surface area contributed by atoms with Gasteiger partial charge in [-0.05, 0) is 19.9 Å². The Morgan fingerprint density at radius 1 is 1.40 bits per heavy atom. The van der Waals surface area contributed by atoms with E-state index in [0.717, 1.165) is 7.11 Å². The number of methoxy groups -OCH3 is 1. The molecule has 0 aromatic rings. The van der Waals surface area contributed by atoms with Crippen molar-refractivity contribution in [2.75, 3.05) is 7.11 Å². The standard InChI is InChI=1S/C9H13F3O3/c1-5-8(7(13)14-4,9(10,11)12)15-6(2)3/h5-6H,1H2,2-4H3. The Bertz CT molecular complexity index is 247. The number of halogens is 3. The van der Waals surface area contributed by atoms with Gasteiger partial charge in [-0.2, -0.15) is 13.2 Å². The quantitative estimate of drug-likeness (QED) is 0.543. The maximum Gasteiger partial charge on any atom is 0.432 e. The van der Waals surface area contributed by atoms with E-state index in [2.05, 4.69) is 16.1 Å². The van der Waals surface area contributed by atoms with Crippen LogP contribution < -0.4 is 0 Å². The lowest BCUT2D eigenvalue weighted by atomic mass is 10.0. The van der Waals surface area contributed by atoms with Gasteiger partial charge < -0.3 is 9.47 Å². The van der Waals surface area contributed by atoms with Crippen LogP contribution in [0.2, 0.25) is 0 Å². The third-order valence-electron chi connectivity index (χ3n) is 1.62. The van der Waals surface area contributed by atoms with Crippen LogP contribution in [0.3, 0.4) is 0 Å². The fourth-order valence-electron chi connectivity index (χ4n) is 1.00. The number of alkyl halides is 3. The van der Waals surface area contributed by atoms with Gasteiger partial charge in [-0.1, -0.05) is 6.58 Å². The smallest absolute Gasteiger partial charge is 0.432 e. The number of hydrogen-bond acceptors (Lipinski definition) is 3. The fourth-order valence-corrected chi connectivity index (χ4v) is 1.00. The van der Waals surface area contributed by atoms with Crippen LogP contribution in [0.5, 0.6) is 0 Å². The van der Waals surface area contributed by atoms with Crippen LogP contribution in [0.4, 0.5) is 13.2 Å². The summed E-state index contributed by atoms with van der Waals surface area (Å²) in [4.78, 5) is 11.1. The van der Waals surface area contributed by atoms with E-state index in [1.807, 2.05) is 0 Å². The normalized spacial score (nSPS) is 15.9. The van der Waals surface area contributed by atoms with Gasteiger partial charge >= 0.3 is 12.1 Å². The average molecular weight is 226 g/mol. The number of rotatable bonds is 4. The Labute approximate surface area is 85.9 Å². The van der Waals surface area contributed by atoms with Gasteiger partial charge in [0.2, 0.25) is 0 Å². The monoisotopic (exact) mass is 226 g/mol. The first-order valence-corrected chi connectivity index (χ1v) is 4.17. The summed E-state index contributed by atoms with van der Waals surface area (Å²) in [5.74, 6) is -1.53. The van der Waals surface area contributed by atoms with E-state index in [1.54, 1.807) is 0 Å². The van der Waals surface area contributed by atoms with Gasteiger partial charge in [0.25, 0.3) is 5.60 Å². The summed E-state index contributed by atoms with van der Waals surface area (Å²) in [5.41, 5.74) is -3.09. The van der Waals surface area contributed by atoms with Crippen LogP contribution in [-0.2, 0) is 14.3 Å². The largest absolute Gasteiger partial charge is 0.466 e. The van der Waals surface area contributed by atoms with Gasteiger partial charge in [-0.15, -0.1) is 0 Å². The maximum absolute atomic E-state index is 12.7. The molecule has 1 atom stereocenters. The van der Waals surface area contributed by atoms with Crippen LogP contribution in [-0.4, -0.2) is 31.0 Å². The average Bonchev–Trinajstić information content (AvgIpc) is 2.10. The van der Waals surface area contributed by atoms with Gasteiger partial charge in [-0.3, -0.25) is 0 Å². The van der Waals surface area contributed by atoms with Gasteiger partial charge in [-0.25, -0.2) is 4.79 Å². The molecule has 0 radical (unpaired) electrons. The van der Waals surface area contributed by atoms with Crippen molar-refractivity contribution in [2.24, 2.45) is 0 Å². The Hall–Kier alpha value is -1.04. The van der Waals surface area contributed by atoms with Crippen LogP contribution in [0.1, 0.15) is 13.8 Å². The lowest BCUT2D eigenvalue weighted by Gasteiger charge is -2.31. The third-order valence-corrected chi connectivity index (χ3v) is 1.62. The van der Waals surface area contributed by atoms with Crippen molar-refractivity contribution in [3.05, 3.63) is 12.7 Å². The van der Waals surface area contributed by atoms with Crippen LogP contribution in [0.25, 0.3) is 0 Å². The molecule has 0 bridgehead atoms. The summed E-state index contributed by atoms with van der Waals surface area (Å²) >= 11 is 0. The molecule has 3 nitrogen and oxygen atoms in total. The number of carbonyl (C=O) groups excluding carboxylic acids is 1. The molecule has 1 unspecified atom stereocenters. The van der Waals surface area contributed by atoms with E-state index in [-0.39, 0.29) is 0 Å². The molecule has 0 aliphatic rings. The molecular formula is C9H13F3O3. The number of ether oxygens (including phenoxy) is 2. The predicted octanol–water partition coefficient (Wildman–Crippen LogP) is 2.07. The van der Waals surface area contributed by atoms with E-state index in [1.165, 1.54) is 13.8 Å². The topological polar surface area (TPSA) is 35.5 Å².